The van der Waals surface area contributed by atoms with Crippen molar-refractivity contribution in [3.63, 3.8) is 0 Å². The van der Waals surface area contributed by atoms with Crippen molar-refractivity contribution in [2.24, 2.45) is 5.92 Å². The number of nitrogens with zero attached hydrogens (tertiary/aromatic N) is 2. The minimum Gasteiger partial charge on any atom is -0.464 e. The van der Waals surface area contributed by atoms with Crippen molar-refractivity contribution in [2.75, 3.05) is 19.0 Å². The van der Waals surface area contributed by atoms with Crippen LogP contribution in [0.1, 0.15) is 36.2 Å². The third kappa shape index (κ3) is 3.64. The molecule has 1 aromatic rings. The number of aromatic nitrogens is 2. The van der Waals surface area contributed by atoms with Crippen molar-refractivity contribution in [1.29, 1.82) is 0 Å². The maximum Gasteiger partial charge on any atom is 0.358 e. The van der Waals surface area contributed by atoms with Gasteiger partial charge >= 0.3 is 5.97 Å². The van der Waals surface area contributed by atoms with E-state index in [9.17, 15) is 9.90 Å². The number of rotatable bonds is 4. The third-order valence-corrected chi connectivity index (χ3v) is 3.46. The number of carbonyl (C=O) groups excluding carboxylic acids is 1. The van der Waals surface area contributed by atoms with Crippen LogP contribution in [0.2, 0.25) is 0 Å². The summed E-state index contributed by atoms with van der Waals surface area (Å²) in [6, 6.07) is 0. The van der Waals surface area contributed by atoms with Gasteiger partial charge in [-0.2, -0.15) is 0 Å². The van der Waals surface area contributed by atoms with E-state index in [0.29, 0.717) is 12.4 Å². The van der Waals surface area contributed by atoms with Crippen LogP contribution in [-0.2, 0) is 4.74 Å². The van der Waals surface area contributed by atoms with Gasteiger partial charge in [0.05, 0.1) is 25.6 Å². The van der Waals surface area contributed by atoms with Gasteiger partial charge in [-0.15, -0.1) is 0 Å². The number of methoxy groups -OCH3 is 1. The molecule has 1 heterocycles. The molecule has 0 saturated heterocycles. The fraction of sp³-hybridized carbons (Fsp3) is 0.615. The van der Waals surface area contributed by atoms with Crippen LogP contribution in [0.5, 0.6) is 0 Å². The number of aliphatic hydroxyl groups excluding tert-OH is 1. The van der Waals surface area contributed by atoms with Crippen LogP contribution in [0.25, 0.3) is 0 Å². The lowest BCUT2D eigenvalue weighted by Crippen LogP contribution is -2.30. The summed E-state index contributed by atoms with van der Waals surface area (Å²) >= 11 is 0. The van der Waals surface area contributed by atoms with Crippen LogP contribution in [0.15, 0.2) is 12.4 Å². The molecular weight excluding hydrogens is 246 g/mol. The van der Waals surface area contributed by atoms with Crippen molar-refractivity contribution in [3.05, 3.63) is 18.1 Å². The smallest absolute Gasteiger partial charge is 0.358 e. The van der Waals surface area contributed by atoms with Crippen molar-refractivity contribution < 1.29 is 14.6 Å². The Morgan fingerprint density at radius 1 is 1.42 bits per heavy atom. The molecule has 1 fully saturated rings. The summed E-state index contributed by atoms with van der Waals surface area (Å²) in [5.74, 6) is 0.364. The predicted octanol–water partition coefficient (Wildman–Crippen LogP) is 1.23. The molecule has 0 radical (unpaired) electrons. The maximum atomic E-state index is 11.2. The lowest BCUT2D eigenvalue weighted by Gasteiger charge is -2.27. The molecule has 6 heteroatoms. The van der Waals surface area contributed by atoms with Gasteiger partial charge in [0.25, 0.3) is 0 Å². The Balaban J connectivity index is 1.87. The monoisotopic (exact) mass is 265 g/mol. The van der Waals surface area contributed by atoms with Gasteiger partial charge in [0.2, 0.25) is 0 Å². The molecule has 0 aliphatic heterocycles. The molecule has 2 atom stereocenters. The van der Waals surface area contributed by atoms with Gasteiger partial charge in [-0.1, -0.05) is 12.8 Å². The Labute approximate surface area is 112 Å². The largest absolute Gasteiger partial charge is 0.464 e. The van der Waals surface area contributed by atoms with Crippen molar-refractivity contribution in [1.82, 2.24) is 9.97 Å². The predicted molar refractivity (Wildman–Crippen MR) is 69.8 cm³/mol. The second kappa shape index (κ2) is 6.47. The van der Waals surface area contributed by atoms with Crippen molar-refractivity contribution >= 4 is 11.8 Å². The van der Waals surface area contributed by atoms with E-state index in [2.05, 4.69) is 20.0 Å². The normalized spacial score (nSPS) is 22.8. The molecule has 1 aliphatic rings. The summed E-state index contributed by atoms with van der Waals surface area (Å²) in [5, 5.41) is 13.0. The highest BCUT2D eigenvalue weighted by Crippen LogP contribution is 2.24. The van der Waals surface area contributed by atoms with E-state index in [0.717, 1.165) is 25.7 Å². The van der Waals surface area contributed by atoms with Gasteiger partial charge < -0.3 is 15.2 Å². The fourth-order valence-electron chi connectivity index (χ4n) is 2.29. The molecular formula is C13H19N3O3. The molecule has 0 bridgehead atoms. The molecule has 0 spiro atoms. The van der Waals surface area contributed by atoms with E-state index in [1.165, 1.54) is 19.5 Å². The van der Waals surface area contributed by atoms with Gasteiger partial charge in [0.1, 0.15) is 5.82 Å². The number of carbonyl (C=O) groups is 1. The van der Waals surface area contributed by atoms with E-state index < -0.39 is 5.97 Å². The molecule has 2 unspecified atom stereocenters. The van der Waals surface area contributed by atoms with E-state index in [1.807, 2.05) is 0 Å². The number of hydrogen-bond acceptors (Lipinski definition) is 6. The molecule has 0 amide bonds. The zero-order chi connectivity index (χ0) is 13.7. The number of hydrogen-bond donors (Lipinski definition) is 2. The Bertz CT molecular complexity index is 422. The van der Waals surface area contributed by atoms with Crippen molar-refractivity contribution in [3.8, 4) is 0 Å². The van der Waals surface area contributed by atoms with E-state index in [-0.39, 0.29) is 17.7 Å². The van der Waals surface area contributed by atoms with Crippen LogP contribution in [0.3, 0.4) is 0 Å². The lowest BCUT2D eigenvalue weighted by atomic mass is 9.86. The minimum atomic E-state index is -0.498. The first-order valence-corrected chi connectivity index (χ1v) is 6.53. The maximum absolute atomic E-state index is 11.2. The minimum absolute atomic E-state index is 0.186. The Kier molecular flexibility index (Phi) is 4.68. The summed E-state index contributed by atoms with van der Waals surface area (Å²) < 4.78 is 4.55. The first-order chi connectivity index (χ1) is 9.20. The van der Waals surface area contributed by atoms with Crippen LogP contribution in [0, 0.1) is 5.92 Å². The van der Waals surface area contributed by atoms with E-state index in [1.54, 1.807) is 0 Å². The van der Waals surface area contributed by atoms with Gasteiger partial charge in [-0.05, 0) is 12.8 Å². The third-order valence-electron chi connectivity index (χ3n) is 3.46. The van der Waals surface area contributed by atoms with Gasteiger partial charge in [-0.25, -0.2) is 14.8 Å². The number of ether oxygens (including phenoxy) is 1. The number of aliphatic hydroxyl groups is 1. The highest BCUT2D eigenvalue weighted by atomic mass is 16.5. The van der Waals surface area contributed by atoms with Gasteiger partial charge in [0.15, 0.2) is 5.69 Å². The summed E-state index contributed by atoms with van der Waals surface area (Å²) in [5.41, 5.74) is 0.186. The summed E-state index contributed by atoms with van der Waals surface area (Å²) in [7, 11) is 1.31. The molecule has 19 heavy (non-hydrogen) atoms. The highest BCUT2D eigenvalue weighted by molar-refractivity contribution is 5.86. The molecule has 1 aliphatic carbocycles. The number of esters is 1. The number of nitrogens with one attached hydrogen (secondary N) is 1. The van der Waals surface area contributed by atoms with Crippen molar-refractivity contribution in [2.45, 2.75) is 31.8 Å². The molecule has 0 aromatic carbocycles. The first-order valence-electron chi connectivity index (χ1n) is 6.53. The van der Waals surface area contributed by atoms with Crippen LogP contribution in [0.4, 0.5) is 5.82 Å². The van der Waals surface area contributed by atoms with Crippen LogP contribution < -0.4 is 5.32 Å². The Morgan fingerprint density at radius 2 is 2.21 bits per heavy atom. The highest BCUT2D eigenvalue weighted by Gasteiger charge is 2.22. The summed E-state index contributed by atoms with van der Waals surface area (Å²) in [6.45, 7) is 0.674. The molecule has 1 saturated carbocycles. The van der Waals surface area contributed by atoms with Gasteiger partial charge in [-0.3, -0.25) is 0 Å². The average Bonchev–Trinajstić information content (AvgIpc) is 2.46. The molecule has 104 valence electrons. The molecule has 2 rings (SSSR count). The summed E-state index contributed by atoms with van der Waals surface area (Å²) in [6.07, 6.45) is 6.82. The zero-order valence-corrected chi connectivity index (χ0v) is 11.0. The second-order valence-electron chi connectivity index (χ2n) is 4.77. The standard InChI is InChI=1S/C13H19N3O3/c1-19-13(18)10-7-16-12(8-14-10)15-6-9-4-2-3-5-11(9)17/h7-9,11,17H,2-6H2,1H3,(H,15,16). The van der Waals surface area contributed by atoms with Gasteiger partial charge in [0, 0.05) is 12.5 Å². The Hall–Kier alpha value is -1.69. The molecule has 6 nitrogen and oxygen atoms in total. The van der Waals surface area contributed by atoms with Crippen LogP contribution in [-0.4, -0.2) is 40.8 Å². The number of anilines is 1. The summed E-state index contributed by atoms with van der Waals surface area (Å²) in [4.78, 5) is 19.3. The lowest BCUT2D eigenvalue weighted by molar-refractivity contribution is 0.0593. The topological polar surface area (TPSA) is 84.3 Å². The molecule has 2 N–H and O–H groups in total. The zero-order valence-electron chi connectivity index (χ0n) is 11.0. The average molecular weight is 265 g/mol. The van der Waals surface area contributed by atoms with Crippen LogP contribution >= 0.6 is 0 Å². The Morgan fingerprint density at radius 3 is 2.84 bits per heavy atom. The quantitative estimate of drug-likeness (QED) is 0.796. The van der Waals surface area contributed by atoms with E-state index >= 15 is 0 Å². The fourth-order valence-corrected chi connectivity index (χ4v) is 2.29. The second-order valence-corrected chi connectivity index (χ2v) is 4.77. The SMILES string of the molecule is COC(=O)c1cnc(NCC2CCCCC2O)cn1. The first kappa shape index (κ1) is 13.7. The molecule has 1 aromatic heterocycles. The van der Waals surface area contributed by atoms with E-state index in [4.69, 9.17) is 0 Å².